The van der Waals surface area contributed by atoms with Gasteiger partial charge in [0.15, 0.2) is 5.65 Å². The van der Waals surface area contributed by atoms with Crippen molar-refractivity contribution >= 4 is 15.7 Å². The second-order valence-electron chi connectivity index (χ2n) is 7.58. The molecule has 0 saturated carbocycles. The fraction of sp³-hybridized carbons (Fsp3) is 0.400. The van der Waals surface area contributed by atoms with E-state index in [0.29, 0.717) is 18.0 Å². The van der Waals surface area contributed by atoms with Crippen LogP contribution in [0.15, 0.2) is 53.9 Å². The predicted octanol–water partition coefficient (Wildman–Crippen LogP) is 1.83. The van der Waals surface area contributed by atoms with E-state index >= 15 is 0 Å². The summed E-state index contributed by atoms with van der Waals surface area (Å²) in [5.74, 6) is 0.168. The molecule has 8 heteroatoms. The summed E-state index contributed by atoms with van der Waals surface area (Å²) in [7, 11) is -1.46. The van der Waals surface area contributed by atoms with Crippen LogP contribution in [0.4, 0.5) is 0 Å². The van der Waals surface area contributed by atoms with E-state index in [0.717, 1.165) is 36.4 Å². The summed E-state index contributed by atoms with van der Waals surface area (Å²) < 4.78 is 29.9. The molecule has 2 aromatic heterocycles. The zero-order valence-corrected chi connectivity index (χ0v) is 17.0. The van der Waals surface area contributed by atoms with E-state index in [9.17, 15) is 8.42 Å². The molecule has 148 valence electrons. The standard InChI is InChI=1S/C20H25N5O2S/c1-16-3-5-19(6-4-16)28(26,27)25-10-9-23(2)13-17(14-25)11-18-15-24-8-7-21-20(24)12-22-18/h3-8,12,15,17H,9-11,13-14H2,1-2H3. The summed E-state index contributed by atoms with van der Waals surface area (Å²) in [5, 5.41) is 0. The van der Waals surface area contributed by atoms with E-state index in [4.69, 9.17) is 0 Å². The molecule has 1 atom stereocenters. The van der Waals surface area contributed by atoms with Crippen molar-refractivity contribution in [1.82, 2.24) is 23.6 Å². The van der Waals surface area contributed by atoms with Gasteiger partial charge in [-0.25, -0.2) is 13.4 Å². The van der Waals surface area contributed by atoms with Crippen molar-refractivity contribution in [1.29, 1.82) is 0 Å². The lowest BCUT2D eigenvalue weighted by atomic mass is 10.0. The molecule has 1 fully saturated rings. The lowest BCUT2D eigenvalue weighted by Crippen LogP contribution is -2.36. The number of nitrogens with zero attached hydrogens (tertiary/aromatic N) is 5. The molecule has 28 heavy (non-hydrogen) atoms. The van der Waals surface area contributed by atoms with Crippen LogP contribution >= 0.6 is 0 Å². The van der Waals surface area contributed by atoms with Crippen LogP contribution in [0.3, 0.4) is 0 Å². The Hall–Kier alpha value is -2.29. The Morgan fingerprint density at radius 1 is 1.11 bits per heavy atom. The minimum atomic E-state index is -3.51. The molecule has 1 aliphatic rings. The minimum Gasteiger partial charge on any atom is -0.305 e. The van der Waals surface area contributed by atoms with Crippen LogP contribution in [-0.2, 0) is 16.4 Å². The minimum absolute atomic E-state index is 0.168. The quantitative estimate of drug-likeness (QED) is 0.669. The number of likely N-dealkylation sites (N-methyl/N-ethyl adjacent to an activating group) is 1. The van der Waals surface area contributed by atoms with Gasteiger partial charge >= 0.3 is 0 Å². The number of fused-ring (bicyclic) bond motifs is 1. The van der Waals surface area contributed by atoms with Crippen molar-refractivity contribution in [3.63, 3.8) is 0 Å². The molecule has 0 spiro atoms. The summed E-state index contributed by atoms with van der Waals surface area (Å²) in [6.45, 7) is 4.50. The maximum Gasteiger partial charge on any atom is 0.243 e. The van der Waals surface area contributed by atoms with Gasteiger partial charge in [-0.05, 0) is 38.4 Å². The Bertz CT molecular complexity index is 1060. The van der Waals surface area contributed by atoms with Crippen LogP contribution in [0, 0.1) is 12.8 Å². The summed E-state index contributed by atoms with van der Waals surface area (Å²) in [6, 6.07) is 7.09. The Morgan fingerprint density at radius 2 is 1.89 bits per heavy atom. The van der Waals surface area contributed by atoms with Crippen molar-refractivity contribution in [2.75, 3.05) is 33.2 Å². The lowest BCUT2D eigenvalue weighted by molar-refractivity contribution is 0.307. The first-order valence-corrected chi connectivity index (χ1v) is 10.9. The smallest absolute Gasteiger partial charge is 0.243 e. The molecule has 0 bridgehead atoms. The van der Waals surface area contributed by atoms with Crippen LogP contribution in [0.1, 0.15) is 11.3 Å². The molecular weight excluding hydrogens is 374 g/mol. The fourth-order valence-electron chi connectivity index (χ4n) is 3.73. The molecule has 3 aromatic rings. The zero-order valence-electron chi connectivity index (χ0n) is 16.2. The monoisotopic (exact) mass is 399 g/mol. The van der Waals surface area contributed by atoms with Gasteiger partial charge in [0.25, 0.3) is 0 Å². The highest BCUT2D eigenvalue weighted by atomic mass is 32.2. The van der Waals surface area contributed by atoms with Gasteiger partial charge in [0, 0.05) is 44.8 Å². The third-order valence-corrected chi connectivity index (χ3v) is 7.13. The number of benzene rings is 1. The number of imidazole rings is 1. The maximum atomic E-state index is 13.2. The SMILES string of the molecule is Cc1ccc(S(=O)(=O)N2CCN(C)CC(Cc3cn4ccnc4cn3)C2)cc1. The Balaban J connectivity index is 1.56. The maximum absolute atomic E-state index is 13.2. The molecule has 1 saturated heterocycles. The first-order valence-electron chi connectivity index (χ1n) is 9.45. The molecular formula is C20H25N5O2S. The van der Waals surface area contributed by atoms with Crippen molar-refractivity contribution in [2.45, 2.75) is 18.2 Å². The van der Waals surface area contributed by atoms with Crippen molar-refractivity contribution in [2.24, 2.45) is 5.92 Å². The summed E-state index contributed by atoms with van der Waals surface area (Å²) in [6.07, 6.45) is 8.10. The lowest BCUT2D eigenvalue weighted by Gasteiger charge is -2.23. The van der Waals surface area contributed by atoms with Gasteiger partial charge in [-0.3, -0.25) is 4.98 Å². The number of hydrogen-bond donors (Lipinski definition) is 0. The Labute approximate surface area is 165 Å². The highest BCUT2D eigenvalue weighted by Crippen LogP contribution is 2.21. The fourth-order valence-corrected chi connectivity index (χ4v) is 5.23. The van der Waals surface area contributed by atoms with Gasteiger partial charge in [-0.1, -0.05) is 17.7 Å². The highest BCUT2D eigenvalue weighted by Gasteiger charge is 2.30. The van der Waals surface area contributed by atoms with Crippen molar-refractivity contribution in [3.05, 3.63) is 60.3 Å². The van der Waals surface area contributed by atoms with Gasteiger partial charge in [0.1, 0.15) is 0 Å². The predicted molar refractivity (Wildman–Crippen MR) is 108 cm³/mol. The van der Waals surface area contributed by atoms with Crippen molar-refractivity contribution < 1.29 is 8.42 Å². The van der Waals surface area contributed by atoms with E-state index in [1.165, 1.54) is 0 Å². The summed E-state index contributed by atoms with van der Waals surface area (Å²) >= 11 is 0. The van der Waals surface area contributed by atoms with E-state index in [1.54, 1.807) is 28.8 Å². The normalized spacial score (nSPS) is 19.7. The molecule has 7 nitrogen and oxygen atoms in total. The third-order valence-electron chi connectivity index (χ3n) is 5.25. The molecule has 4 rings (SSSR count). The average molecular weight is 400 g/mol. The Kier molecular flexibility index (Phi) is 5.18. The molecule has 0 aliphatic carbocycles. The largest absolute Gasteiger partial charge is 0.305 e. The molecule has 0 radical (unpaired) electrons. The van der Waals surface area contributed by atoms with Gasteiger partial charge in [-0.2, -0.15) is 4.31 Å². The van der Waals surface area contributed by atoms with Gasteiger partial charge in [0.05, 0.1) is 16.8 Å². The van der Waals surface area contributed by atoms with Crippen LogP contribution in [0.2, 0.25) is 0 Å². The molecule has 0 N–H and O–H groups in total. The van der Waals surface area contributed by atoms with E-state index < -0.39 is 10.0 Å². The number of aryl methyl sites for hydroxylation is 1. The van der Waals surface area contributed by atoms with Crippen LogP contribution in [0.5, 0.6) is 0 Å². The van der Waals surface area contributed by atoms with Gasteiger partial charge in [-0.15, -0.1) is 0 Å². The Morgan fingerprint density at radius 3 is 2.68 bits per heavy atom. The molecule has 0 amide bonds. The zero-order chi connectivity index (χ0) is 19.7. The van der Waals surface area contributed by atoms with Crippen LogP contribution in [-0.4, -0.2) is 65.2 Å². The summed E-state index contributed by atoms with van der Waals surface area (Å²) in [5.41, 5.74) is 2.80. The van der Waals surface area contributed by atoms with E-state index in [1.807, 2.05) is 42.9 Å². The third kappa shape index (κ3) is 3.94. The number of aromatic nitrogens is 3. The second-order valence-corrected chi connectivity index (χ2v) is 9.52. The number of rotatable bonds is 4. The second kappa shape index (κ2) is 7.62. The number of hydrogen-bond acceptors (Lipinski definition) is 5. The van der Waals surface area contributed by atoms with Crippen molar-refractivity contribution in [3.8, 4) is 0 Å². The molecule has 1 aromatic carbocycles. The van der Waals surface area contributed by atoms with Gasteiger partial charge < -0.3 is 9.30 Å². The van der Waals surface area contributed by atoms with Gasteiger partial charge in [0.2, 0.25) is 10.0 Å². The van der Waals surface area contributed by atoms with Crippen LogP contribution in [0.25, 0.3) is 5.65 Å². The van der Waals surface area contributed by atoms with E-state index in [-0.39, 0.29) is 5.92 Å². The highest BCUT2D eigenvalue weighted by molar-refractivity contribution is 7.89. The molecule has 1 aliphatic heterocycles. The first kappa shape index (κ1) is 19.0. The molecule has 1 unspecified atom stereocenters. The topological polar surface area (TPSA) is 70.8 Å². The number of sulfonamides is 1. The summed E-state index contributed by atoms with van der Waals surface area (Å²) in [4.78, 5) is 11.3. The first-order chi connectivity index (χ1) is 13.4. The average Bonchev–Trinajstić information content (AvgIpc) is 3.04. The molecule has 3 heterocycles. The van der Waals surface area contributed by atoms with Crippen LogP contribution < -0.4 is 0 Å². The van der Waals surface area contributed by atoms with E-state index in [2.05, 4.69) is 14.9 Å².